The van der Waals surface area contributed by atoms with Crippen molar-refractivity contribution in [3.63, 3.8) is 0 Å². The normalized spacial score (nSPS) is 17.9. The summed E-state index contributed by atoms with van der Waals surface area (Å²) in [6, 6.07) is 0. The highest BCUT2D eigenvalue weighted by Gasteiger charge is 2.25. The van der Waals surface area contributed by atoms with Crippen molar-refractivity contribution < 1.29 is 4.42 Å². The van der Waals surface area contributed by atoms with E-state index in [1.807, 2.05) is 13.8 Å². The predicted molar refractivity (Wildman–Crippen MR) is 52.6 cm³/mol. The molecule has 0 fully saturated rings. The van der Waals surface area contributed by atoms with Crippen molar-refractivity contribution in [3.05, 3.63) is 23.9 Å². The monoisotopic (exact) mass is 193 g/mol. The molecule has 0 saturated heterocycles. The summed E-state index contributed by atoms with van der Waals surface area (Å²) in [6.45, 7) is 3.72. The number of allylic oxidation sites excluding steroid dienone is 2. The van der Waals surface area contributed by atoms with E-state index in [-0.39, 0.29) is 0 Å². The molecule has 0 radical (unpaired) electrons. The Morgan fingerprint density at radius 3 is 2.50 bits per heavy atom. The van der Waals surface area contributed by atoms with Gasteiger partial charge in [-0.15, -0.1) is 10.2 Å². The molecule has 4 nitrogen and oxygen atoms in total. The highest BCUT2D eigenvalue weighted by Crippen LogP contribution is 2.29. The summed E-state index contributed by atoms with van der Waals surface area (Å²) in [4.78, 5) is 0. The van der Waals surface area contributed by atoms with Crippen LogP contribution in [-0.4, -0.2) is 10.2 Å². The van der Waals surface area contributed by atoms with Crippen LogP contribution in [0.1, 0.15) is 44.4 Å². The molecule has 0 atom stereocenters. The van der Waals surface area contributed by atoms with Crippen molar-refractivity contribution >= 4 is 0 Å². The van der Waals surface area contributed by atoms with Gasteiger partial charge < -0.3 is 10.2 Å². The lowest BCUT2D eigenvalue weighted by Crippen LogP contribution is -2.29. The molecule has 4 heteroatoms. The lowest BCUT2D eigenvalue weighted by molar-refractivity contribution is 0.347. The fraction of sp³-hybridized carbons (Fsp3) is 0.600. The summed E-state index contributed by atoms with van der Waals surface area (Å²) in [5, 5.41) is 7.99. The molecule has 14 heavy (non-hydrogen) atoms. The summed E-state index contributed by atoms with van der Waals surface area (Å²) in [7, 11) is 0. The third-order valence-electron chi connectivity index (χ3n) is 2.35. The Balaban J connectivity index is 2.17. The van der Waals surface area contributed by atoms with Crippen molar-refractivity contribution in [2.24, 2.45) is 5.73 Å². The third-order valence-corrected chi connectivity index (χ3v) is 2.35. The van der Waals surface area contributed by atoms with Crippen LogP contribution in [0.25, 0.3) is 0 Å². The van der Waals surface area contributed by atoms with E-state index in [0.717, 1.165) is 12.8 Å². The first-order valence-electron chi connectivity index (χ1n) is 4.85. The second-order valence-corrected chi connectivity index (χ2v) is 4.31. The van der Waals surface area contributed by atoms with E-state index in [9.17, 15) is 0 Å². The van der Waals surface area contributed by atoms with Gasteiger partial charge in [-0.3, -0.25) is 0 Å². The second kappa shape index (κ2) is 3.20. The molecule has 0 bridgehead atoms. The van der Waals surface area contributed by atoms with Crippen molar-refractivity contribution in [2.75, 3.05) is 0 Å². The van der Waals surface area contributed by atoms with Crippen LogP contribution in [0.2, 0.25) is 0 Å². The van der Waals surface area contributed by atoms with Crippen molar-refractivity contribution in [1.29, 1.82) is 0 Å². The zero-order chi connectivity index (χ0) is 10.2. The van der Waals surface area contributed by atoms with E-state index in [1.54, 1.807) is 0 Å². The van der Waals surface area contributed by atoms with Crippen LogP contribution in [0.3, 0.4) is 0 Å². The Morgan fingerprint density at radius 2 is 2.00 bits per heavy atom. The summed E-state index contributed by atoms with van der Waals surface area (Å²) < 4.78 is 5.54. The number of rotatable bonds is 2. The van der Waals surface area contributed by atoms with Gasteiger partial charge in [0.1, 0.15) is 0 Å². The molecule has 2 rings (SSSR count). The average molecular weight is 193 g/mol. The van der Waals surface area contributed by atoms with Gasteiger partial charge in [0.2, 0.25) is 11.8 Å². The highest BCUT2D eigenvalue weighted by molar-refractivity contribution is 5.07. The van der Waals surface area contributed by atoms with Crippen molar-refractivity contribution in [2.45, 2.75) is 38.1 Å². The number of hydrogen-bond acceptors (Lipinski definition) is 4. The molecule has 0 aliphatic heterocycles. The Hall–Kier alpha value is -1.16. The van der Waals surface area contributed by atoms with E-state index in [0.29, 0.717) is 17.7 Å². The molecular formula is C10H15N3O. The average Bonchev–Trinajstić information content (AvgIpc) is 2.73. The molecule has 76 valence electrons. The van der Waals surface area contributed by atoms with Gasteiger partial charge in [0, 0.05) is 5.92 Å². The SMILES string of the molecule is CC(C)(N)c1nnc(C2CC=CC2)o1. The van der Waals surface area contributed by atoms with Crippen molar-refractivity contribution in [1.82, 2.24) is 10.2 Å². The van der Waals surface area contributed by atoms with Crippen molar-refractivity contribution in [3.8, 4) is 0 Å². The number of aromatic nitrogens is 2. The summed E-state index contributed by atoms with van der Waals surface area (Å²) in [6.07, 6.45) is 6.27. The van der Waals surface area contributed by atoms with Crippen LogP contribution in [0.4, 0.5) is 0 Å². The minimum atomic E-state index is -0.544. The second-order valence-electron chi connectivity index (χ2n) is 4.31. The summed E-state index contributed by atoms with van der Waals surface area (Å²) in [5.74, 6) is 1.58. The lowest BCUT2D eigenvalue weighted by Gasteiger charge is -2.11. The number of hydrogen-bond donors (Lipinski definition) is 1. The smallest absolute Gasteiger partial charge is 0.235 e. The van der Waals surface area contributed by atoms with Crippen LogP contribution in [0.5, 0.6) is 0 Å². The Bertz CT molecular complexity index is 340. The maximum absolute atomic E-state index is 5.86. The molecule has 0 aromatic carbocycles. The van der Waals surface area contributed by atoms with E-state index in [1.165, 1.54) is 0 Å². The fourth-order valence-electron chi connectivity index (χ4n) is 1.48. The van der Waals surface area contributed by atoms with Crippen LogP contribution >= 0.6 is 0 Å². The first-order chi connectivity index (χ1) is 6.57. The zero-order valence-electron chi connectivity index (χ0n) is 8.53. The summed E-state index contributed by atoms with van der Waals surface area (Å²) in [5.41, 5.74) is 5.31. The zero-order valence-corrected chi connectivity index (χ0v) is 8.53. The highest BCUT2D eigenvalue weighted by atomic mass is 16.4. The summed E-state index contributed by atoms with van der Waals surface area (Å²) >= 11 is 0. The van der Waals surface area contributed by atoms with Gasteiger partial charge in [0.15, 0.2) is 0 Å². The van der Waals surface area contributed by atoms with Gasteiger partial charge in [-0.05, 0) is 26.7 Å². The third kappa shape index (κ3) is 1.70. The maximum Gasteiger partial charge on any atom is 0.235 e. The fourth-order valence-corrected chi connectivity index (χ4v) is 1.48. The molecule has 1 aromatic rings. The molecule has 0 saturated carbocycles. The molecule has 1 aliphatic rings. The maximum atomic E-state index is 5.86. The molecule has 2 N–H and O–H groups in total. The lowest BCUT2D eigenvalue weighted by atomic mass is 10.1. The van der Waals surface area contributed by atoms with Gasteiger partial charge in [0.25, 0.3) is 0 Å². The molecule has 0 amide bonds. The van der Waals surface area contributed by atoms with Gasteiger partial charge in [-0.25, -0.2) is 0 Å². The standard InChI is InChI=1S/C10H15N3O/c1-10(2,11)9-13-12-8(14-9)7-5-3-4-6-7/h3-4,7H,5-6,11H2,1-2H3. The Kier molecular flexibility index (Phi) is 2.15. The minimum absolute atomic E-state index is 0.360. The van der Waals surface area contributed by atoms with E-state index < -0.39 is 5.54 Å². The first kappa shape index (κ1) is 9.40. The molecule has 1 aliphatic carbocycles. The van der Waals surface area contributed by atoms with Gasteiger partial charge in [0.05, 0.1) is 5.54 Å². The molecular weight excluding hydrogens is 178 g/mol. The van der Waals surface area contributed by atoms with Crippen LogP contribution < -0.4 is 5.73 Å². The topological polar surface area (TPSA) is 64.9 Å². The Morgan fingerprint density at radius 1 is 1.36 bits per heavy atom. The van der Waals surface area contributed by atoms with Gasteiger partial charge in [-0.2, -0.15) is 0 Å². The van der Waals surface area contributed by atoms with Crippen LogP contribution in [0, 0.1) is 0 Å². The Labute approximate surface area is 83.2 Å². The van der Waals surface area contributed by atoms with Gasteiger partial charge >= 0.3 is 0 Å². The molecule has 1 aromatic heterocycles. The molecule has 0 unspecified atom stereocenters. The predicted octanol–water partition coefficient (Wildman–Crippen LogP) is 1.70. The number of nitrogens with two attached hydrogens (primary N) is 1. The first-order valence-corrected chi connectivity index (χ1v) is 4.85. The quantitative estimate of drug-likeness (QED) is 0.726. The number of nitrogens with zero attached hydrogens (tertiary/aromatic N) is 2. The van der Waals surface area contributed by atoms with E-state index in [4.69, 9.17) is 10.2 Å². The van der Waals surface area contributed by atoms with E-state index >= 15 is 0 Å². The minimum Gasteiger partial charge on any atom is -0.423 e. The molecule has 1 heterocycles. The van der Waals surface area contributed by atoms with Crippen LogP contribution in [0.15, 0.2) is 16.6 Å². The largest absolute Gasteiger partial charge is 0.423 e. The van der Waals surface area contributed by atoms with E-state index in [2.05, 4.69) is 22.3 Å². The van der Waals surface area contributed by atoms with Crippen LogP contribution in [-0.2, 0) is 5.54 Å². The van der Waals surface area contributed by atoms with Gasteiger partial charge in [-0.1, -0.05) is 12.2 Å². The molecule has 0 spiro atoms.